The maximum atomic E-state index is 6.19. The fourth-order valence-corrected chi connectivity index (χ4v) is 2.62. The third-order valence-corrected chi connectivity index (χ3v) is 3.41. The minimum atomic E-state index is 0.384. The van der Waals surface area contributed by atoms with E-state index in [1.54, 1.807) is 0 Å². The predicted octanol–water partition coefficient (Wildman–Crippen LogP) is 1.27. The number of nitrogens with zero attached hydrogens (tertiary/aromatic N) is 1. The van der Waals surface area contributed by atoms with Crippen LogP contribution in [0.15, 0.2) is 0 Å². The van der Waals surface area contributed by atoms with Gasteiger partial charge in [0.1, 0.15) is 0 Å². The van der Waals surface area contributed by atoms with Gasteiger partial charge in [0.05, 0.1) is 0 Å². The zero-order valence-corrected chi connectivity index (χ0v) is 7.71. The van der Waals surface area contributed by atoms with E-state index in [2.05, 4.69) is 5.32 Å². The molecular weight excluding hydrogens is 148 g/mol. The van der Waals surface area contributed by atoms with Gasteiger partial charge < -0.3 is 5.73 Å². The summed E-state index contributed by atoms with van der Waals surface area (Å²) in [6, 6.07) is 0.892. The Balaban J connectivity index is 1.84. The molecule has 2 atom stereocenters. The first-order valence-electron chi connectivity index (χ1n) is 5.30. The van der Waals surface area contributed by atoms with E-state index in [1.165, 1.54) is 38.5 Å². The molecule has 0 bridgehead atoms. The SMILES string of the molecule is N[C@@H](C1CCCC1)C1CCC[N]1. The molecule has 0 aromatic carbocycles. The summed E-state index contributed by atoms with van der Waals surface area (Å²) in [4.78, 5) is 0. The van der Waals surface area contributed by atoms with Gasteiger partial charge >= 0.3 is 0 Å². The predicted molar refractivity (Wildman–Crippen MR) is 50.0 cm³/mol. The lowest BCUT2D eigenvalue weighted by Gasteiger charge is -2.24. The van der Waals surface area contributed by atoms with E-state index < -0.39 is 0 Å². The molecule has 1 aliphatic heterocycles. The van der Waals surface area contributed by atoms with Crippen molar-refractivity contribution in [3.63, 3.8) is 0 Å². The van der Waals surface area contributed by atoms with Crippen LogP contribution in [-0.4, -0.2) is 18.6 Å². The summed E-state index contributed by atoms with van der Waals surface area (Å²) in [6.07, 6.45) is 8.01. The Labute approximate surface area is 74.9 Å². The second-order valence-electron chi connectivity index (χ2n) is 4.24. The fourth-order valence-electron chi connectivity index (χ4n) is 2.62. The molecule has 0 amide bonds. The molecule has 2 N–H and O–H groups in total. The summed E-state index contributed by atoms with van der Waals surface area (Å²) in [7, 11) is 0. The summed E-state index contributed by atoms with van der Waals surface area (Å²) in [5, 5.41) is 4.56. The smallest absolute Gasteiger partial charge is 0.0400 e. The van der Waals surface area contributed by atoms with E-state index in [9.17, 15) is 0 Å². The summed E-state index contributed by atoms with van der Waals surface area (Å²) in [5.74, 6) is 0.789. The molecule has 12 heavy (non-hydrogen) atoms. The van der Waals surface area contributed by atoms with Crippen LogP contribution in [0.4, 0.5) is 0 Å². The molecule has 1 heterocycles. The molecule has 2 aliphatic rings. The Kier molecular flexibility index (Phi) is 2.66. The van der Waals surface area contributed by atoms with Gasteiger partial charge in [-0.3, -0.25) is 0 Å². The average Bonchev–Trinajstić information content (AvgIpc) is 2.77. The first-order valence-corrected chi connectivity index (χ1v) is 5.30. The van der Waals surface area contributed by atoms with Crippen molar-refractivity contribution in [2.24, 2.45) is 11.7 Å². The first kappa shape index (κ1) is 8.52. The van der Waals surface area contributed by atoms with Crippen LogP contribution in [0, 0.1) is 5.92 Å². The fraction of sp³-hybridized carbons (Fsp3) is 1.00. The van der Waals surface area contributed by atoms with Gasteiger partial charge in [-0.1, -0.05) is 12.8 Å². The largest absolute Gasteiger partial charge is 0.326 e. The van der Waals surface area contributed by atoms with Gasteiger partial charge in [-0.05, 0) is 31.6 Å². The monoisotopic (exact) mass is 167 g/mol. The van der Waals surface area contributed by atoms with Gasteiger partial charge in [0.25, 0.3) is 0 Å². The highest BCUT2D eigenvalue weighted by Crippen LogP contribution is 2.29. The molecule has 1 saturated heterocycles. The van der Waals surface area contributed by atoms with E-state index in [0.29, 0.717) is 12.1 Å². The molecule has 1 saturated carbocycles. The van der Waals surface area contributed by atoms with Crippen LogP contribution >= 0.6 is 0 Å². The number of hydrogen-bond donors (Lipinski definition) is 1. The van der Waals surface area contributed by atoms with Crippen LogP contribution in [0.5, 0.6) is 0 Å². The summed E-state index contributed by atoms with van der Waals surface area (Å²) in [6.45, 7) is 1.06. The highest BCUT2D eigenvalue weighted by atomic mass is 15.0. The number of hydrogen-bond acceptors (Lipinski definition) is 1. The molecule has 2 rings (SSSR count). The van der Waals surface area contributed by atoms with E-state index in [4.69, 9.17) is 5.73 Å². The summed E-state index contributed by atoms with van der Waals surface area (Å²) in [5.41, 5.74) is 6.19. The van der Waals surface area contributed by atoms with Gasteiger partial charge in [0, 0.05) is 18.6 Å². The second-order valence-corrected chi connectivity index (χ2v) is 4.24. The van der Waals surface area contributed by atoms with Crippen LogP contribution in [0.3, 0.4) is 0 Å². The van der Waals surface area contributed by atoms with Crippen LogP contribution in [-0.2, 0) is 0 Å². The Morgan fingerprint density at radius 1 is 1.08 bits per heavy atom. The minimum Gasteiger partial charge on any atom is -0.326 e. The Hall–Kier alpha value is -0.0800. The number of rotatable bonds is 2. The third-order valence-electron chi connectivity index (χ3n) is 3.41. The number of nitrogens with two attached hydrogens (primary N) is 1. The van der Waals surface area contributed by atoms with E-state index in [0.717, 1.165) is 12.5 Å². The normalized spacial score (nSPS) is 34.2. The van der Waals surface area contributed by atoms with Gasteiger partial charge in [0.2, 0.25) is 0 Å². The first-order chi connectivity index (χ1) is 5.88. The Morgan fingerprint density at radius 2 is 1.83 bits per heavy atom. The van der Waals surface area contributed by atoms with Crippen LogP contribution in [0.1, 0.15) is 38.5 Å². The Bertz CT molecular complexity index is 119. The van der Waals surface area contributed by atoms with Crippen molar-refractivity contribution in [1.82, 2.24) is 5.32 Å². The van der Waals surface area contributed by atoms with Gasteiger partial charge in [0.15, 0.2) is 0 Å². The highest BCUT2D eigenvalue weighted by Gasteiger charge is 2.30. The zero-order valence-electron chi connectivity index (χ0n) is 7.71. The van der Waals surface area contributed by atoms with Crippen molar-refractivity contribution >= 4 is 0 Å². The molecule has 0 spiro atoms. The van der Waals surface area contributed by atoms with Gasteiger partial charge in [-0.15, -0.1) is 0 Å². The highest BCUT2D eigenvalue weighted by molar-refractivity contribution is 4.90. The molecule has 2 nitrogen and oxygen atoms in total. The molecule has 69 valence electrons. The van der Waals surface area contributed by atoms with Crippen molar-refractivity contribution < 1.29 is 0 Å². The lowest BCUT2D eigenvalue weighted by Crippen LogP contribution is -2.42. The van der Waals surface area contributed by atoms with Crippen LogP contribution < -0.4 is 11.1 Å². The molecule has 2 fully saturated rings. The van der Waals surface area contributed by atoms with Gasteiger partial charge in [-0.25, -0.2) is 5.32 Å². The Morgan fingerprint density at radius 3 is 2.42 bits per heavy atom. The standard InChI is InChI=1S/C10H19N2/c11-10(8-4-1-2-5-8)9-6-3-7-12-9/h8-10H,1-7,11H2/t9?,10-/m0/s1. The van der Waals surface area contributed by atoms with Gasteiger partial charge in [-0.2, -0.15) is 0 Å². The van der Waals surface area contributed by atoms with Crippen molar-refractivity contribution in [2.45, 2.75) is 50.6 Å². The molecular formula is C10H19N2. The summed E-state index contributed by atoms with van der Waals surface area (Å²) >= 11 is 0. The quantitative estimate of drug-likeness (QED) is 0.661. The molecule has 1 radical (unpaired) electrons. The minimum absolute atomic E-state index is 0.384. The molecule has 2 heteroatoms. The van der Waals surface area contributed by atoms with Crippen molar-refractivity contribution in [1.29, 1.82) is 0 Å². The summed E-state index contributed by atoms with van der Waals surface area (Å²) < 4.78 is 0. The van der Waals surface area contributed by atoms with Crippen molar-refractivity contribution in [3.8, 4) is 0 Å². The third kappa shape index (κ3) is 1.64. The van der Waals surface area contributed by atoms with E-state index in [-0.39, 0.29) is 0 Å². The van der Waals surface area contributed by atoms with E-state index in [1.807, 2.05) is 0 Å². The molecule has 0 aromatic rings. The molecule has 1 aliphatic carbocycles. The lowest BCUT2D eigenvalue weighted by molar-refractivity contribution is 0.349. The van der Waals surface area contributed by atoms with Crippen LogP contribution in [0.25, 0.3) is 0 Å². The second kappa shape index (κ2) is 3.75. The molecule has 1 unspecified atom stereocenters. The van der Waals surface area contributed by atoms with E-state index >= 15 is 0 Å². The topological polar surface area (TPSA) is 40.1 Å². The molecule has 0 aromatic heterocycles. The average molecular weight is 167 g/mol. The zero-order chi connectivity index (χ0) is 8.39. The van der Waals surface area contributed by atoms with Crippen molar-refractivity contribution in [2.75, 3.05) is 6.54 Å². The lowest BCUT2D eigenvalue weighted by atomic mass is 9.92. The van der Waals surface area contributed by atoms with Crippen LogP contribution in [0.2, 0.25) is 0 Å². The maximum absolute atomic E-state index is 6.19. The van der Waals surface area contributed by atoms with Crippen molar-refractivity contribution in [3.05, 3.63) is 0 Å². The maximum Gasteiger partial charge on any atom is 0.0400 e.